The van der Waals surface area contributed by atoms with Gasteiger partial charge >= 0.3 is 5.97 Å². The molecule has 0 aliphatic carbocycles. The van der Waals surface area contributed by atoms with Gasteiger partial charge < -0.3 is 15.2 Å². The van der Waals surface area contributed by atoms with Crippen molar-refractivity contribution in [1.29, 1.82) is 0 Å². The van der Waals surface area contributed by atoms with E-state index in [1.807, 2.05) is 20.8 Å². The lowest BCUT2D eigenvalue weighted by Gasteiger charge is -2.21. The third-order valence-corrected chi connectivity index (χ3v) is 2.72. The van der Waals surface area contributed by atoms with Gasteiger partial charge in [0.2, 0.25) is 0 Å². The number of aromatic nitrogens is 2. The van der Waals surface area contributed by atoms with Crippen LogP contribution in [0.5, 0.6) is 5.75 Å². The summed E-state index contributed by atoms with van der Waals surface area (Å²) in [5.41, 5.74) is 0.153. The molecule has 0 atom stereocenters. The number of carboxylic acids is 1. The van der Waals surface area contributed by atoms with E-state index in [0.717, 1.165) is 0 Å². The summed E-state index contributed by atoms with van der Waals surface area (Å²) in [5, 5.41) is 15.3. The lowest BCUT2D eigenvalue weighted by Crippen LogP contribution is -2.23. The quantitative estimate of drug-likeness (QED) is 0.883. The highest BCUT2D eigenvalue weighted by Gasteiger charge is 2.13. The molecular weight excluding hydrogens is 298 g/mol. The zero-order valence-electron chi connectivity index (χ0n) is 13.2. The number of nitrogens with one attached hydrogen (secondary N) is 1. The van der Waals surface area contributed by atoms with Gasteiger partial charge in [-0.3, -0.25) is 14.3 Å². The van der Waals surface area contributed by atoms with Crippen molar-refractivity contribution in [3.05, 3.63) is 42.1 Å². The summed E-state index contributed by atoms with van der Waals surface area (Å²) in [6.45, 7) is 5.58. The molecule has 2 N–H and O–H groups in total. The molecule has 0 unspecified atom stereocenters. The number of benzene rings is 1. The van der Waals surface area contributed by atoms with E-state index < -0.39 is 5.97 Å². The van der Waals surface area contributed by atoms with Gasteiger partial charge in [-0.2, -0.15) is 5.10 Å². The lowest BCUT2D eigenvalue weighted by atomic mass is 10.1. The molecule has 1 aromatic carbocycles. The van der Waals surface area contributed by atoms with E-state index in [9.17, 15) is 9.59 Å². The van der Waals surface area contributed by atoms with E-state index in [-0.39, 0.29) is 18.1 Å². The first-order valence-electron chi connectivity index (χ1n) is 7.09. The number of rotatable bonds is 5. The maximum absolute atomic E-state index is 12.1. The van der Waals surface area contributed by atoms with Crippen molar-refractivity contribution in [1.82, 2.24) is 9.78 Å². The Hall–Kier alpha value is -2.83. The number of nitrogens with zero attached hydrogens (tertiary/aromatic N) is 2. The summed E-state index contributed by atoms with van der Waals surface area (Å²) >= 11 is 0. The number of aliphatic carboxylic acids is 1. The van der Waals surface area contributed by atoms with Gasteiger partial charge in [-0.1, -0.05) is 0 Å². The summed E-state index contributed by atoms with van der Waals surface area (Å²) in [6, 6.07) is 8.31. The standard InChI is InChI=1S/C16H19N3O4/c1-16(2,3)23-12-6-4-11(5-7-12)15(22)17-13-8-9-19(18-13)10-14(20)21/h4-9H,10H2,1-3H3,(H,20,21)(H,17,18,22). The smallest absolute Gasteiger partial charge is 0.325 e. The highest BCUT2D eigenvalue weighted by atomic mass is 16.5. The van der Waals surface area contributed by atoms with E-state index in [2.05, 4.69) is 10.4 Å². The second-order valence-corrected chi connectivity index (χ2v) is 5.99. The van der Waals surface area contributed by atoms with E-state index >= 15 is 0 Å². The highest BCUT2D eigenvalue weighted by Crippen LogP contribution is 2.19. The summed E-state index contributed by atoms with van der Waals surface area (Å²) < 4.78 is 6.93. The summed E-state index contributed by atoms with van der Waals surface area (Å²) in [6.07, 6.45) is 1.49. The minimum atomic E-state index is -1.000. The molecule has 23 heavy (non-hydrogen) atoms. The van der Waals surface area contributed by atoms with Crippen molar-refractivity contribution in [2.45, 2.75) is 32.9 Å². The molecule has 0 saturated heterocycles. The number of amides is 1. The number of hydrogen-bond acceptors (Lipinski definition) is 4. The predicted octanol–water partition coefficient (Wildman–Crippen LogP) is 2.40. The molecular formula is C16H19N3O4. The number of ether oxygens (including phenoxy) is 1. The number of anilines is 1. The van der Waals surface area contributed by atoms with Crippen LogP contribution < -0.4 is 10.1 Å². The van der Waals surface area contributed by atoms with E-state index in [0.29, 0.717) is 17.1 Å². The number of carbonyl (C=O) groups excluding carboxylic acids is 1. The highest BCUT2D eigenvalue weighted by molar-refractivity contribution is 6.03. The third kappa shape index (κ3) is 5.14. The molecule has 1 heterocycles. The van der Waals surface area contributed by atoms with E-state index in [4.69, 9.17) is 9.84 Å². The number of hydrogen-bond donors (Lipinski definition) is 2. The van der Waals surface area contributed by atoms with Crippen LogP contribution in [0.25, 0.3) is 0 Å². The molecule has 7 heteroatoms. The molecule has 0 spiro atoms. The maximum atomic E-state index is 12.1. The molecule has 7 nitrogen and oxygen atoms in total. The fourth-order valence-electron chi connectivity index (χ4n) is 1.87. The van der Waals surface area contributed by atoms with Crippen LogP contribution in [0.3, 0.4) is 0 Å². The molecule has 0 radical (unpaired) electrons. The van der Waals surface area contributed by atoms with Gasteiger partial charge in [0.05, 0.1) is 0 Å². The van der Waals surface area contributed by atoms with Gasteiger partial charge in [0, 0.05) is 17.8 Å². The Balaban J connectivity index is 2.00. The second-order valence-electron chi connectivity index (χ2n) is 5.99. The molecule has 2 aromatic rings. The molecule has 2 rings (SSSR count). The Labute approximate surface area is 133 Å². The Bertz CT molecular complexity index is 699. The van der Waals surface area contributed by atoms with Crippen molar-refractivity contribution in [3.63, 3.8) is 0 Å². The van der Waals surface area contributed by atoms with Gasteiger partial charge in [0.25, 0.3) is 5.91 Å². The number of carboxylic acid groups (broad SMARTS) is 1. The largest absolute Gasteiger partial charge is 0.488 e. The van der Waals surface area contributed by atoms with Crippen LogP contribution in [0.1, 0.15) is 31.1 Å². The summed E-state index contributed by atoms with van der Waals surface area (Å²) in [5.74, 6) is -0.348. The molecule has 1 aromatic heterocycles. The van der Waals surface area contributed by atoms with Crippen molar-refractivity contribution in [3.8, 4) is 5.75 Å². The van der Waals surface area contributed by atoms with Crippen molar-refractivity contribution in [2.75, 3.05) is 5.32 Å². The van der Waals surface area contributed by atoms with Crippen molar-refractivity contribution < 1.29 is 19.4 Å². The lowest BCUT2D eigenvalue weighted by molar-refractivity contribution is -0.137. The fraction of sp³-hybridized carbons (Fsp3) is 0.312. The van der Waals surface area contributed by atoms with Crippen molar-refractivity contribution >= 4 is 17.7 Å². The van der Waals surface area contributed by atoms with Crippen LogP contribution in [0.4, 0.5) is 5.82 Å². The van der Waals surface area contributed by atoms with E-state index in [1.165, 1.54) is 16.9 Å². The minimum Gasteiger partial charge on any atom is -0.488 e. The maximum Gasteiger partial charge on any atom is 0.325 e. The van der Waals surface area contributed by atoms with Gasteiger partial charge in [-0.05, 0) is 45.0 Å². The van der Waals surface area contributed by atoms with Crippen LogP contribution in [0.2, 0.25) is 0 Å². The van der Waals surface area contributed by atoms with Crippen molar-refractivity contribution in [2.24, 2.45) is 0 Å². The van der Waals surface area contributed by atoms with E-state index in [1.54, 1.807) is 24.3 Å². The Kier molecular flexibility index (Phi) is 4.68. The Morgan fingerprint density at radius 3 is 2.43 bits per heavy atom. The van der Waals surface area contributed by atoms with Crippen LogP contribution >= 0.6 is 0 Å². The SMILES string of the molecule is CC(C)(C)Oc1ccc(C(=O)Nc2ccn(CC(=O)O)n2)cc1. The average Bonchev–Trinajstić information content (AvgIpc) is 2.84. The Morgan fingerprint density at radius 2 is 1.87 bits per heavy atom. The molecule has 0 aliphatic heterocycles. The first kappa shape index (κ1) is 16.5. The van der Waals surface area contributed by atoms with Crippen LogP contribution in [0.15, 0.2) is 36.5 Å². The minimum absolute atomic E-state index is 0.255. The number of carbonyl (C=O) groups is 2. The summed E-state index contributed by atoms with van der Waals surface area (Å²) in [4.78, 5) is 22.7. The topological polar surface area (TPSA) is 93.5 Å². The molecule has 1 amide bonds. The third-order valence-electron chi connectivity index (χ3n) is 2.72. The van der Waals surface area contributed by atoms with Crippen LogP contribution in [-0.2, 0) is 11.3 Å². The van der Waals surface area contributed by atoms with Gasteiger partial charge in [0.1, 0.15) is 17.9 Å². The normalized spacial score (nSPS) is 11.1. The fourth-order valence-corrected chi connectivity index (χ4v) is 1.87. The van der Waals surface area contributed by atoms with Crippen LogP contribution in [-0.4, -0.2) is 32.4 Å². The van der Waals surface area contributed by atoms with Gasteiger partial charge in [-0.25, -0.2) is 0 Å². The monoisotopic (exact) mass is 317 g/mol. The van der Waals surface area contributed by atoms with Crippen LogP contribution in [0, 0.1) is 0 Å². The zero-order chi connectivity index (χ0) is 17.0. The zero-order valence-corrected chi connectivity index (χ0v) is 13.2. The first-order chi connectivity index (χ1) is 10.7. The molecule has 0 fully saturated rings. The summed E-state index contributed by atoms with van der Waals surface area (Å²) in [7, 11) is 0. The molecule has 0 bridgehead atoms. The van der Waals surface area contributed by atoms with Gasteiger partial charge in [0.15, 0.2) is 5.82 Å². The second kappa shape index (κ2) is 6.51. The molecule has 0 aliphatic rings. The van der Waals surface area contributed by atoms with Gasteiger partial charge in [-0.15, -0.1) is 0 Å². The first-order valence-corrected chi connectivity index (χ1v) is 7.09. The predicted molar refractivity (Wildman–Crippen MR) is 84.6 cm³/mol. The molecule has 0 saturated carbocycles. The molecule has 122 valence electrons. The average molecular weight is 317 g/mol. The Morgan fingerprint density at radius 1 is 1.22 bits per heavy atom.